The highest BCUT2D eigenvalue weighted by molar-refractivity contribution is 14.0. The molecule has 0 saturated carbocycles. The van der Waals surface area contributed by atoms with Gasteiger partial charge in [-0.05, 0) is 0 Å². The third kappa shape index (κ3) is 4.52. The van der Waals surface area contributed by atoms with Gasteiger partial charge in [-0.2, -0.15) is 0 Å². The SMILES string of the molecule is I.NC(=NCC1(O)CCOCC1)N1CCOCC1. The van der Waals surface area contributed by atoms with Crippen molar-refractivity contribution in [3.05, 3.63) is 0 Å². The number of nitrogens with two attached hydrogens (primary N) is 1. The average Bonchev–Trinajstić information content (AvgIpc) is 2.38. The summed E-state index contributed by atoms with van der Waals surface area (Å²) in [6.07, 6.45) is 1.26. The van der Waals surface area contributed by atoms with E-state index in [1.54, 1.807) is 0 Å². The van der Waals surface area contributed by atoms with Crippen LogP contribution in [0.1, 0.15) is 12.8 Å². The van der Waals surface area contributed by atoms with Gasteiger partial charge in [-0.3, -0.25) is 4.99 Å². The molecule has 2 saturated heterocycles. The molecule has 0 amide bonds. The number of hydrogen-bond donors (Lipinski definition) is 2. The van der Waals surface area contributed by atoms with Crippen LogP contribution >= 0.6 is 24.0 Å². The van der Waals surface area contributed by atoms with E-state index in [0.717, 1.165) is 13.1 Å². The molecular weight excluding hydrogens is 349 g/mol. The van der Waals surface area contributed by atoms with Crippen molar-refractivity contribution in [1.82, 2.24) is 4.90 Å². The number of morpholine rings is 1. The molecule has 2 aliphatic heterocycles. The van der Waals surface area contributed by atoms with E-state index in [1.807, 2.05) is 4.90 Å². The van der Waals surface area contributed by atoms with Gasteiger partial charge in [0, 0.05) is 39.1 Å². The van der Waals surface area contributed by atoms with Gasteiger partial charge in [-0.1, -0.05) is 0 Å². The molecule has 2 rings (SSSR count). The van der Waals surface area contributed by atoms with Gasteiger partial charge in [0.05, 0.1) is 25.4 Å². The monoisotopic (exact) mass is 371 g/mol. The Balaban J connectivity index is 0.00000162. The van der Waals surface area contributed by atoms with Crippen molar-refractivity contribution < 1.29 is 14.6 Å². The van der Waals surface area contributed by atoms with Gasteiger partial charge in [0.1, 0.15) is 0 Å². The van der Waals surface area contributed by atoms with Crippen molar-refractivity contribution in [1.29, 1.82) is 0 Å². The lowest BCUT2D eigenvalue weighted by Crippen LogP contribution is -2.46. The van der Waals surface area contributed by atoms with Crippen molar-refractivity contribution in [2.75, 3.05) is 46.1 Å². The number of rotatable bonds is 2. The van der Waals surface area contributed by atoms with Crippen molar-refractivity contribution in [2.45, 2.75) is 18.4 Å². The van der Waals surface area contributed by atoms with E-state index in [4.69, 9.17) is 15.2 Å². The van der Waals surface area contributed by atoms with Crippen LogP contribution in [-0.2, 0) is 9.47 Å². The lowest BCUT2D eigenvalue weighted by molar-refractivity contribution is -0.0567. The summed E-state index contributed by atoms with van der Waals surface area (Å²) < 4.78 is 10.5. The van der Waals surface area contributed by atoms with E-state index in [0.29, 0.717) is 51.8 Å². The van der Waals surface area contributed by atoms with Gasteiger partial charge >= 0.3 is 0 Å². The number of halogens is 1. The summed E-state index contributed by atoms with van der Waals surface area (Å²) in [6, 6.07) is 0. The molecule has 6 nitrogen and oxygen atoms in total. The summed E-state index contributed by atoms with van der Waals surface area (Å²) in [6.45, 7) is 4.49. The molecule has 0 unspecified atom stereocenters. The Morgan fingerprint density at radius 2 is 1.72 bits per heavy atom. The molecule has 2 heterocycles. The quantitative estimate of drug-likeness (QED) is 0.399. The van der Waals surface area contributed by atoms with Gasteiger partial charge < -0.3 is 25.2 Å². The van der Waals surface area contributed by atoms with Crippen LogP contribution in [0.5, 0.6) is 0 Å². The highest BCUT2D eigenvalue weighted by atomic mass is 127. The van der Waals surface area contributed by atoms with Crippen LogP contribution in [-0.4, -0.2) is 67.6 Å². The molecule has 7 heteroatoms. The Bertz CT molecular complexity index is 277. The summed E-state index contributed by atoms with van der Waals surface area (Å²) >= 11 is 0. The van der Waals surface area contributed by atoms with Crippen molar-refractivity contribution in [3.8, 4) is 0 Å². The molecule has 0 bridgehead atoms. The zero-order valence-corrected chi connectivity index (χ0v) is 12.8. The van der Waals surface area contributed by atoms with E-state index in [9.17, 15) is 5.11 Å². The molecule has 0 spiro atoms. The maximum Gasteiger partial charge on any atom is 0.191 e. The molecule has 0 aromatic carbocycles. The fraction of sp³-hybridized carbons (Fsp3) is 0.909. The van der Waals surface area contributed by atoms with Crippen LogP contribution in [0.4, 0.5) is 0 Å². The number of aliphatic hydroxyl groups is 1. The predicted octanol–water partition coefficient (Wildman–Crippen LogP) is -0.207. The molecule has 0 aliphatic carbocycles. The zero-order valence-electron chi connectivity index (χ0n) is 10.5. The molecule has 106 valence electrons. The standard InChI is InChI=1S/C11H21N3O3.HI/c12-10(14-3-7-17-8-4-14)13-9-11(15)1-5-16-6-2-11;/h15H,1-9H2,(H2,12,13);1H. The Hall–Kier alpha value is -0.120. The first-order valence-electron chi connectivity index (χ1n) is 6.12. The highest BCUT2D eigenvalue weighted by Gasteiger charge is 2.29. The number of nitrogens with zero attached hydrogens (tertiary/aromatic N) is 2. The molecule has 0 aromatic rings. The minimum absolute atomic E-state index is 0. The van der Waals surface area contributed by atoms with E-state index < -0.39 is 5.60 Å². The summed E-state index contributed by atoms with van der Waals surface area (Å²) in [5.74, 6) is 0.508. The second-order valence-corrected chi connectivity index (χ2v) is 4.61. The second kappa shape index (κ2) is 7.46. The van der Waals surface area contributed by atoms with Crippen molar-refractivity contribution in [3.63, 3.8) is 0 Å². The van der Waals surface area contributed by atoms with E-state index in [2.05, 4.69) is 4.99 Å². The summed E-state index contributed by atoms with van der Waals surface area (Å²) in [5.41, 5.74) is 5.16. The van der Waals surface area contributed by atoms with Gasteiger partial charge in [-0.25, -0.2) is 0 Å². The lowest BCUT2D eigenvalue weighted by atomic mass is 9.95. The molecule has 2 fully saturated rings. The molecule has 0 radical (unpaired) electrons. The number of hydrogen-bond acceptors (Lipinski definition) is 4. The fourth-order valence-corrected chi connectivity index (χ4v) is 2.03. The van der Waals surface area contributed by atoms with Crippen LogP contribution in [0.3, 0.4) is 0 Å². The van der Waals surface area contributed by atoms with Gasteiger partial charge in [0.15, 0.2) is 5.96 Å². The van der Waals surface area contributed by atoms with Crippen molar-refractivity contribution in [2.24, 2.45) is 10.7 Å². The summed E-state index contributed by atoms with van der Waals surface area (Å²) in [4.78, 5) is 6.29. The first kappa shape index (κ1) is 15.9. The van der Waals surface area contributed by atoms with E-state index in [1.165, 1.54) is 0 Å². The number of aliphatic imine (C=N–C) groups is 1. The maximum absolute atomic E-state index is 10.2. The Morgan fingerprint density at radius 3 is 2.33 bits per heavy atom. The maximum atomic E-state index is 10.2. The predicted molar refractivity (Wildman–Crippen MR) is 79.3 cm³/mol. The second-order valence-electron chi connectivity index (χ2n) is 4.61. The fourth-order valence-electron chi connectivity index (χ4n) is 2.03. The lowest BCUT2D eigenvalue weighted by Gasteiger charge is -2.32. The Labute approximate surface area is 125 Å². The van der Waals surface area contributed by atoms with Crippen LogP contribution < -0.4 is 5.73 Å². The smallest absolute Gasteiger partial charge is 0.191 e. The van der Waals surface area contributed by atoms with Gasteiger partial charge in [-0.15, -0.1) is 24.0 Å². The molecule has 18 heavy (non-hydrogen) atoms. The summed E-state index contributed by atoms with van der Waals surface area (Å²) in [5, 5.41) is 10.2. The third-order valence-corrected chi connectivity index (χ3v) is 3.29. The minimum Gasteiger partial charge on any atom is -0.388 e. The molecular formula is C11H22IN3O3. The normalized spacial score (nSPS) is 24.5. The largest absolute Gasteiger partial charge is 0.388 e. The van der Waals surface area contributed by atoms with Gasteiger partial charge in [0.25, 0.3) is 0 Å². The average molecular weight is 371 g/mol. The van der Waals surface area contributed by atoms with E-state index >= 15 is 0 Å². The van der Waals surface area contributed by atoms with Crippen LogP contribution in [0.15, 0.2) is 4.99 Å². The molecule has 0 atom stereocenters. The zero-order chi connectivity index (χ0) is 12.1. The van der Waals surface area contributed by atoms with Crippen LogP contribution in [0.2, 0.25) is 0 Å². The van der Waals surface area contributed by atoms with Crippen molar-refractivity contribution >= 4 is 29.9 Å². The Kier molecular flexibility index (Phi) is 6.61. The Morgan fingerprint density at radius 1 is 1.17 bits per heavy atom. The van der Waals surface area contributed by atoms with Gasteiger partial charge in [0.2, 0.25) is 0 Å². The molecule has 2 aliphatic rings. The summed E-state index contributed by atoms with van der Waals surface area (Å²) in [7, 11) is 0. The highest BCUT2D eigenvalue weighted by Crippen LogP contribution is 2.20. The molecule has 0 aromatic heterocycles. The first-order valence-corrected chi connectivity index (χ1v) is 6.12. The topological polar surface area (TPSA) is 80.3 Å². The van der Waals surface area contributed by atoms with E-state index in [-0.39, 0.29) is 24.0 Å². The van der Waals surface area contributed by atoms with Crippen LogP contribution in [0, 0.1) is 0 Å². The third-order valence-electron chi connectivity index (χ3n) is 3.29. The minimum atomic E-state index is -0.741. The number of ether oxygens (including phenoxy) is 2. The first-order chi connectivity index (χ1) is 8.20. The molecule has 3 N–H and O–H groups in total. The van der Waals surface area contributed by atoms with Crippen LogP contribution in [0.25, 0.3) is 0 Å². The number of guanidine groups is 1.